The Labute approximate surface area is 79.2 Å². The molecule has 0 unspecified atom stereocenters. The quantitative estimate of drug-likeness (QED) is 0.548. The van der Waals surface area contributed by atoms with E-state index >= 15 is 0 Å². The van der Waals surface area contributed by atoms with Crippen molar-refractivity contribution < 1.29 is 0 Å². The van der Waals surface area contributed by atoms with E-state index in [1.54, 1.807) is 0 Å². The van der Waals surface area contributed by atoms with Crippen molar-refractivity contribution in [1.82, 2.24) is 0 Å². The van der Waals surface area contributed by atoms with E-state index in [1.807, 2.05) is 25.1 Å². The van der Waals surface area contributed by atoms with Crippen LogP contribution in [0.5, 0.6) is 0 Å². The van der Waals surface area contributed by atoms with Gasteiger partial charge in [0.05, 0.1) is 11.4 Å². The van der Waals surface area contributed by atoms with Gasteiger partial charge in [-0.25, -0.2) is 0 Å². The molecule has 0 fully saturated rings. The second-order valence-corrected chi connectivity index (χ2v) is 3.38. The Hall–Kier alpha value is -1.44. The van der Waals surface area contributed by atoms with Crippen LogP contribution in [0.1, 0.15) is 18.9 Å². The van der Waals surface area contributed by atoms with Gasteiger partial charge >= 0.3 is 0 Å². The lowest BCUT2D eigenvalue weighted by Crippen LogP contribution is -1.99. The Kier molecular flexibility index (Phi) is 2.96. The molecule has 0 aliphatic heterocycles. The fraction of sp³-hybridized carbons (Fsp3) is 0.273. The molecule has 0 saturated carbocycles. The summed E-state index contributed by atoms with van der Waals surface area (Å²) in [6, 6.07) is 5.76. The molecule has 1 aromatic rings. The van der Waals surface area contributed by atoms with E-state index in [-0.39, 0.29) is 0 Å². The van der Waals surface area contributed by atoms with E-state index in [1.165, 1.54) is 5.57 Å². The van der Waals surface area contributed by atoms with Crippen molar-refractivity contribution in [3.63, 3.8) is 0 Å². The number of nitrogen functional groups attached to an aromatic ring is 2. The molecule has 0 saturated heterocycles. The lowest BCUT2D eigenvalue weighted by atomic mass is 10.0. The molecule has 1 aromatic carbocycles. The van der Waals surface area contributed by atoms with Crippen LogP contribution in [-0.2, 0) is 6.42 Å². The second-order valence-electron chi connectivity index (χ2n) is 3.38. The maximum absolute atomic E-state index is 5.81. The molecule has 1 rings (SSSR count). The molecule has 2 nitrogen and oxygen atoms in total. The first-order valence-electron chi connectivity index (χ1n) is 4.38. The first kappa shape index (κ1) is 9.65. The second kappa shape index (κ2) is 3.99. The third kappa shape index (κ3) is 2.51. The number of hydrogen-bond acceptors (Lipinski definition) is 2. The Morgan fingerprint density at radius 1 is 1.38 bits per heavy atom. The number of anilines is 2. The molecule has 0 heterocycles. The molecule has 0 aliphatic rings. The molecule has 0 atom stereocenters. The standard InChI is InChI=1S/C11H16N2/c1-8(2)6-7-9-4-3-5-10(12)11(9)13/h3-5H,1,6-7,12-13H2,2H3. The van der Waals surface area contributed by atoms with Crippen molar-refractivity contribution >= 4 is 11.4 Å². The molecular weight excluding hydrogens is 160 g/mol. The predicted molar refractivity (Wildman–Crippen MR) is 58.4 cm³/mol. The van der Waals surface area contributed by atoms with Gasteiger partial charge in [-0.1, -0.05) is 17.7 Å². The van der Waals surface area contributed by atoms with Crippen LogP contribution in [0.2, 0.25) is 0 Å². The molecule has 0 amide bonds. The first-order valence-corrected chi connectivity index (χ1v) is 4.38. The van der Waals surface area contributed by atoms with Gasteiger partial charge in [-0.15, -0.1) is 6.58 Å². The summed E-state index contributed by atoms with van der Waals surface area (Å²) >= 11 is 0. The number of hydrogen-bond donors (Lipinski definition) is 2. The minimum Gasteiger partial charge on any atom is -0.397 e. The summed E-state index contributed by atoms with van der Waals surface area (Å²) in [6.07, 6.45) is 1.89. The van der Waals surface area contributed by atoms with Gasteiger partial charge in [0.2, 0.25) is 0 Å². The normalized spacial score (nSPS) is 9.92. The van der Waals surface area contributed by atoms with Gasteiger partial charge in [0.25, 0.3) is 0 Å². The molecule has 0 bridgehead atoms. The van der Waals surface area contributed by atoms with Crippen molar-refractivity contribution in [2.24, 2.45) is 0 Å². The summed E-state index contributed by atoms with van der Waals surface area (Å²) in [5.74, 6) is 0. The van der Waals surface area contributed by atoms with Gasteiger partial charge in [0.1, 0.15) is 0 Å². The molecule has 0 aliphatic carbocycles. The third-order valence-corrected chi connectivity index (χ3v) is 2.05. The minimum atomic E-state index is 0.666. The van der Waals surface area contributed by atoms with E-state index in [9.17, 15) is 0 Å². The minimum absolute atomic E-state index is 0.666. The number of rotatable bonds is 3. The molecule has 0 radical (unpaired) electrons. The van der Waals surface area contributed by atoms with Crippen molar-refractivity contribution in [2.75, 3.05) is 11.5 Å². The zero-order chi connectivity index (χ0) is 9.84. The summed E-state index contributed by atoms with van der Waals surface area (Å²) in [5, 5.41) is 0. The zero-order valence-corrected chi connectivity index (χ0v) is 8.01. The number of nitrogens with two attached hydrogens (primary N) is 2. The lowest BCUT2D eigenvalue weighted by Gasteiger charge is -2.07. The van der Waals surface area contributed by atoms with Gasteiger partial charge in [-0.2, -0.15) is 0 Å². The van der Waals surface area contributed by atoms with Gasteiger partial charge in [0, 0.05) is 0 Å². The molecular formula is C11H16N2. The number of allylic oxidation sites excluding steroid dienone is 1. The van der Waals surface area contributed by atoms with Gasteiger partial charge in [-0.05, 0) is 31.4 Å². The highest BCUT2D eigenvalue weighted by Crippen LogP contribution is 2.21. The smallest absolute Gasteiger partial charge is 0.0580 e. The average Bonchev–Trinajstić information content (AvgIpc) is 2.07. The molecule has 70 valence electrons. The molecule has 4 N–H and O–H groups in total. The predicted octanol–water partition coefficient (Wildman–Crippen LogP) is 2.36. The number of para-hydroxylation sites is 1. The van der Waals surface area contributed by atoms with E-state index in [2.05, 4.69) is 6.58 Å². The van der Waals surface area contributed by atoms with Crippen LogP contribution < -0.4 is 11.5 Å². The van der Waals surface area contributed by atoms with Crippen LogP contribution in [0.15, 0.2) is 30.4 Å². The van der Waals surface area contributed by atoms with Crippen LogP contribution in [0, 0.1) is 0 Å². The van der Waals surface area contributed by atoms with Gasteiger partial charge in [0.15, 0.2) is 0 Å². The Morgan fingerprint density at radius 2 is 2.08 bits per heavy atom. The highest BCUT2D eigenvalue weighted by Gasteiger charge is 2.01. The largest absolute Gasteiger partial charge is 0.397 e. The van der Waals surface area contributed by atoms with Crippen molar-refractivity contribution in [3.8, 4) is 0 Å². The molecule has 0 aromatic heterocycles. The zero-order valence-electron chi connectivity index (χ0n) is 8.01. The van der Waals surface area contributed by atoms with Crippen LogP contribution >= 0.6 is 0 Å². The monoisotopic (exact) mass is 176 g/mol. The van der Waals surface area contributed by atoms with E-state index in [4.69, 9.17) is 11.5 Å². The van der Waals surface area contributed by atoms with Crippen LogP contribution in [-0.4, -0.2) is 0 Å². The number of benzene rings is 1. The average molecular weight is 176 g/mol. The summed E-state index contributed by atoms with van der Waals surface area (Å²) < 4.78 is 0. The highest BCUT2D eigenvalue weighted by atomic mass is 14.7. The van der Waals surface area contributed by atoms with E-state index in [0.29, 0.717) is 11.4 Å². The molecule has 2 heteroatoms. The SMILES string of the molecule is C=C(C)CCc1cccc(N)c1N. The fourth-order valence-electron chi connectivity index (χ4n) is 1.20. The van der Waals surface area contributed by atoms with Crippen molar-refractivity contribution in [2.45, 2.75) is 19.8 Å². The maximum Gasteiger partial charge on any atom is 0.0580 e. The van der Waals surface area contributed by atoms with Gasteiger partial charge in [-0.3, -0.25) is 0 Å². The highest BCUT2D eigenvalue weighted by molar-refractivity contribution is 5.67. The van der Waals surface area contributed by atoms with E-state index < -0.39 is 0 Å². The maximum atomic E-state index is 5.81. The van der Waals surface area contributed by atoms with Crippen molar-refractivity contribution in [1.29, 1.82) is 0 Å². The van der Waals surface area contributed by atoms with Gasteiger partial charge < -0.3 is 11.5 Å². The topological polar surface area (TPSA) is 52.0 Å². The van der Waals surface area contributed by atoms with Crippen LogP contribution in [0.3, 0.4) is 0 Å². The molecule has 0 spiro atoms. The third-order valence-electron chi connectivity index (χ3n) is 2.05. The summed E-state index contributed by atoms with van der Waals surface area (Å²) in [5.41, 5.74) is 15.2. The lowest BCUT2D eigenvalue weighted by molar-refractivity contribution is 0.949. The Bertz CT molecular complexity index is 316. The fourth-order valence-corrected chi connectivity index (χ4v) is 1.20. The summed E-state index contributed by atoms with van der Waals surface area (Å²) in [4.78, 5) is 0. The Morgan fingerprint density at radius 3 is 2.69 bits per heavy atom. The molecule has 13 heavy (non-hydrogen) atoms. The first-order chi connectivity index (χ1) is 6.11. The van der Waals surface area contributed by atoms with Crippen LogP contribution in [0.25, 0.3) is 0 Å². The summed E-state index contributed by atoms with van der Waals surface area (Å²) in [7, 11) is 0. The van der Waals surface area contributed by atoms with Crippen molar-refractivity contribution in [3.05, 3.63) is 35.9 Å². The Balaban J connectivity index is 2.77. The van der Waals surface area contributed by atoms with Crippen LogP contribution in [0.4, 0.5) is 11.4 Å². The van der Waals surface area contributed by atoms with E-state index in [0.717, 1.165) is 18.4 Å². The number of aryl methyl sites for hydroxylation is 1. The summed E-state index contributed by atoms with van der Waals surface area (Å²) in [6.45, 7) is 5.87.